The van der Waals surface area contributed by atoms with Gasteiger partial charge < -0.3 is 15.2 Å². The molecule has 20 heavy (non-hydrogen) atoms. The van der Waals surface area contributed by atoms with Crippen molar-refractivity contribution in [3.8, 4) is 0 Å². The number of fused-ring (bicyclic) bond motifs is 1. The maximum atomic E-state index is 12.1. The molecule has 1 aromatic heterocycles. The zero-order valence-electron chi connectivity index (χ0n) is 11.3. The van der Waals surface area contributed by atoms with Crippen LogP contribution in [-0.4, -0.2) is 28.5 Å². The molecule has 0 unspecified atom stereocenters. The van der Waals surface area contributed by atoms with Gasteiger partial charge in [-0.05, 0) is 5.56 Å². The molecule has 5 nitrogen and oxygen atoms in total. The van der Waals surface area contributed by atoms with Gasteiger partial charge in [-0.15, -0.1) is 0 Å². The number of carbonyl (C=O) groups is 1. The van der Waals surface area contributed by atoms with Crippen molar-refractivity contribution in [2.24, 2.45) is 0 Å². The topological polar surface area (TPSA) is 59.0 Å². The zero-order chi connectivity index (χ0) is 13.8. The van der Waals surface area contributed by atoms with Crippen molar-refractivity contribution in [1.29, 1.82) is 0 Å². The number of hydrogen-bond acceptors (Lipinski definition) is 3. The number of nitrogens with one attached hydrogen (secondary N) is 2. The monoisotopic (exact) mass is 270 g/mol. The summed E-state index contributed by atoms with van der Waals surface area (Å²) in [6.07, 6.45) is 2.72. The van der Waals surface area contributed by atoms with E-state index in [4.69, 9.17) is 0 Å². The third-order valence-corrected chi connectivity index (χ3v) is 3.44. The van der Waals surface area contributed by atoms with Gasteiger partial charge in [0.1, 0.15) is 11.5 Å². The minimum atomic E-state index is -0.109. The summed E-state index contributed by atoms with van der Waals surface area (Å²) in [4.78, 5) is 16.6. The maximum absolute atomic E-state index is 12.1. The highest BCUT2D eigenvalue weighted by Crippen LogP contribution is 2.07. The SMILES string of the molecule is O=C(NCc1ccccc1)c1cn2c(n1)CCNCC2. The lowest BCUT2D eigenvalue weighted by molar-refractivity contribution is 0.0946. The number of imidazole rings is 1. The van der Waals surface area contributed by atoms with Crippen molar-refractivity contribution >= 4 is 5.91 Å². The van der Waals surface area contributed by atoms with Crippen molar-refractivity contribution < 1.29 is 4.79 Å². The summed E-state index contributed by atoms with van der Waals surface area (Å²) < 4.78 is 2.07. The summed E-state index contributed by atoms with van der Waals surface area (Å²) in [5, 5.41) is 6.22. The normalized spacial score (nSPS) is 14.4. The van der Waals surface area contributed by atoms with Gasteiger partial charge in [-0.25, -0.2) is 4.98 Å². The summed E-state index contributed by atoms with van der Waals surface area (Å²) in [5.74, 6) is 0.877. The van der Waals surface area contributed by atoms with Gasteiger partial charge in [0.25, 0.3) is 5.91 Å². The second-order valence-electron chi connectivity index (χ2n) is 4.90. The molecule has 0 saturated heterocycles. The Labute approximate surface area is 118 Å². The predicted molar refractivity (Wildman–Crippen MR) is 76.4 cm³/mol. The molecule has 1 amide bonds. The van der Waals surface area contributed by atoms with E-state index in [-0.39, 0.29) is 5.91 Å². The standard InChI is InChI=1S/C15H18N4O/c20-15(17-10-12-4-2-1-3-5-12)13-11-19-9-8-16-7-6-14(19)18-13/h1-5,11,16H,6-10H2,(H,17,20). The summed E-state index contributed by atoms with van der Waals surface area (Å²) >= 11 is 0. The minimum absolute atomic E-state index is 0.109. The van der Waals surface area contributed by atoms with Gasteiger partial charge in [0.05, 0.1) is 0 Å². The fourth-order valence-corrected chi connectivity index (χ4v) is 2.35. The highest BCUT2D eigenvalue weighted by Gasteiger charge is 2.15. The Balaban J connectivity index is 1.65. The van der Waals surface area contributed by atoms with E-state index in [0.29, 0.717) is 12.2 Å². The lowest BCUT2D eigenvalue weighted by atomic mass is 10.2. The van der Waals surface area contributed by atoms with E-state index in [1.165, 1.54) is 0 Å². The molecule has 0 radical (unpaired) electrons. The van der Waals surface area contributed by atoms with Crippen LogP contribution in [0.2, 0.25) is 0 Å². The fourth-order valence-electron chi connectivity index (χ4n) is 2.35. The molecule has 0 fully saturated rings. The van der Waals surface area contributed by atoms with Gasteiger partial charge in [-0.2, -0.15) is 0 Å². The highest BCUT2D eigenvalue weighted by atomic mass is 16.1. The number of hydrogen-bond donors (Lipinski definition) is 2. The average molecular weight is 270 g/mol. The molecule has 2 aromatic rings. The largest absolute Gasteiger partial charge is 0.347 e. The Morgan fingerprint density at radius 1 is 1.30 bits per heavy atom. The average Bonchev–Trinajstić information content (AvgIpc) is 2.77. The molecule has 3 rings (SSSR count). The molecule has 1 aromatic carbocycles. The minimum Gasteiger partial charge on any atom is -0.347 e. The summed E-state index contributed by atoms with van der Waals surface area (Å²) in [6, 6.07) is 9.88. The summed E-state index contributed by atoms with van der Waals surface area (Å²) in [5.41, 5.74) is 1.60. The molecule has 104 valence electrons. The van der Waals surface area contributed by atoms with Gasteiger partial charge in [0.2, 0.25) is 0 Å². The fraction of sp³-hybridized carbons (Fsp3) is 0.333. The molecular weight excluding hydrogens is 252 g/mol. The molecule has 0 aliphatic carbocycles. The van der Waals surface area contributed by atoms with Gasteiger partial charge in [-0.3, -0.25) is 4.79 Å². The maximum Gasteiger partial charge on any atom is 0.271 e. The Kier molecular flexibility index (Phi) is 3.78. The Morgan fingerprint density at radius 2 is 2.15 bits per heavy atom. The summed E-state index contributed by atoms with van der Waals surface area (Å²) in [7, 11) is 0. The Hall–Kier alpha value is -2.14. The first kappa shape index (κ1) is 12.9. The third kappa shape index (κ3) is 2.88. The van der Waals surface area contributed by atoms with Gasteiger partial charge in [-0.1, -0.05) is 30.3 Å². The third-order valence-electron chi connectivity index (χ3n) is 3.44. The number of amides is 1. The van der Waals surface area contributed by atoms with E-state index in [1.807, 2.05) is 36.5 Å². The number of carbonyl (C=O) groups excluding carboxylic acids is 1. The van der Waals surface area contributed by atoms with Crippen LogP contribution in [0.3, 0.4) is 0 Å². The quantitative estimate of drug-likeness (QED) is 0.873. The molecule has 2 heterocycles. The number of nitrogens with zero attached hydrogens (tertiary/aromatic N) is 2. The molecule has 0 atom stereocenters. The number of aromatic nitrogens is 2. The van der Waals surface area contributed by atoms with Crippen LogP contribution in [0.4, 0.5) is 0 Å². The van der Waals surface area contributed by atoms with E-state index in [2.05, 4.69) is 20.2 Å². The first-order valence-electron chi connectivity index (χ1n) is 6.92. The molecule has 1 aliphatic heterocycles. The van der Waals surface area contributed by atoms with Crippen molar-refractivity contribution in [2.45, 2.75) is 19.5 Å². The van der Waals surface area contributed by atoms with E-state index in [0.717, 1.165) is 37.4 Å². The predicted octanol–water partition coefficient (Wildman–Crippen LogP) is 0.959. The lowest BCUT2D eigenvalue weighted by Gasteiger charge is -2.03. The Bertz CT molecular complexity index is 568. The van der Waals surface area contributed by atoms with Gasteiger partial charge >= 0.3 is 0 Å². The molecule has 0 saturated carbocycles. The number of rotatable bonds is 3. The first-order valence-corrected chi connectivity index (χ1v) is 6.92. The van der Waals surface area contributed by atoms with Crippen LogP contribution in [0, 0.1) is 0 Å². The summed E-state index contributed by atoms with van der Waals surface area (Å²) in [6.45, 7) is 3.24. The molecule has 5 heteroatoms. The van der Waals surface area contributed by atoms with E-state index in [9.17, 15) is 4.79 Å². The first-order chi connectivity index (χ1) is 9.83. The zero-order valence-corrected chi connectivity index (χ0v) is 11.3. The van der Waals surface area contributed by atoms with Crippen LogP contribution in [0.5, 0.6) is 0 Å². The molecule has 1 aliphatic rings. The van der Waals surface area contributed by atoms with Crippen LogP contribution in [0.1, 0.15) is 21.9 Å². The van der Waals surface area contributed by atoms with Gasteiger partial charge in [0.15, 0.2) is 0 Å². The van der Waals surface area contributed by atoms with Crippen molar-refractivity contribution in [3.05, 3.63) is 53.6 Å². The van der Waals surface area contributed by atoms with Crippen molar-refractivity contribution in [1.82, 2.24) is 20.2 Å². The van der Waals surface area contributed by atoms with Crippen LogP contribution >= 0.6 is 0 Å². The molecular formula is C15H18N4O. The molecule has 2 N–H and O–H groups in total. The molecule has 0 bridgehead atoms. The second-order valence-corrected chi connectivity index (χ2v) is 4.90. The van der Waals surface area contributed by atoms with Crippen molar-refractivity contribution in [3.63, 3.8) is 0 Å². The highest BCUT2D eigenvalue weighted by molar-refractivity contribution is 5.92. The van der Waals surface area contributed by atoms with Crippen LogP contribution in [0.15, 0.2) is 36.5 Å². The smallest absolute Gasteiger partial charge is 0.271 e. The van der Waals surface area contributed by atoms with Crippen LogP contribution < -0.4 is 10.6 Å². The van der Waals surface area contributed by atoms with Crippen molar-refractivity contribution in [2.75, 3.05) is 13.1 Å². The van der Waals surface area contributed by atoms with E-state index >= 15 is 0 Å². The van der Waals surface area contributed by atoms with Gasteiger partial charge in [0, 0.05) is 38.8 Å². The van der Waals surface area contributed by atoms with E-state index in [1.54, 1.807) is 0 Å². The lowest BCUT2D eigenvalue weighted by Crippen LogP contribution is -2.23. The number of benzene rings is 1. The Morgan fingerprint density at radius 3 is 3.00 bits per heavy atom. The van der Waals surface area contributed by atoms with Crippen LogP contribution in [0.25, 0.3) is 0 Å². The van der Waals surface area contributed by atoms with Crippen LogP contribution in [-0.2, 0) is 19.5 Å². The molecule has 0 spiro atoms. The van der Waals surface area contributed by atoms with E-state index < -0.39 is 0 Å². The second kappa shape index (κ2) is 5.88.